The number of hydrogen-bond donors (Lipinski definition) is 0. The van der Waals surface area contributed by atoms with Crippen molar-refractivity contribution in [2.24, 2.45) is 10.3 Å². The molecule has 78 valence electrons. The predicted molar refractivity (Wildman–Crippen MR) is 49.8 cm³/mol. The van der Waals surface area contributed by atoms with Crippen LogP contribution in [0.4, 0.5) is 0 Å². The number of nitrogens with zero attached hydrogens (tertiary/aromatic N) is 2. The summed E-state index contributed by atoms with van der Waals surface area (Å²) in [5.74, 6) is -0.926. The second-order valence-electron chi connectivity index (χ2n) is 2.32. The second-order valence-corrected chi connectivity index (χ2v) is 2.32. The first-order valence-corrected chi connectivity index (χ1v) is 4.01. The summed E-state index contributed by atoms with van der Waals surface area (Å²) in [7, 11) is 0. The average molecular weight is 200 g/mol. The molecule has 0 aliphatic heterocycles. The highest BCUT2D eigenvalue weighted by Crippen LogP contribution is 1.84. The van der Waals surface area contributed by atoms with Gasteiger partial charge in [0.15, 0.2) is 0 Å². The second kappa shape index (κ2) is 7.90. The zero-order valence-corrected chi connectivity index (χ0v) is 8.10. The molecule has 6 heteroatoms. The number of carbonyl (C=O) groups is 2. The average Bonchev–Trinajstić information content (AvgIpc) is 2.08. The highest BCUT2D eigenvalue weighted by Gasteiger charge is 1.87. The maximum atomic E-state index is 10.2. The minimum atomic E-state index is -0.463. The van der Waals surface area contributed by atoms with E-state index in [1.807, 2.05) is 0 Å². The number of hydrogen-bond acceptors (Lipinski definition) is 6. The number of carbonyl (C=O) groups excluding carboxylic acids is 2. The van der Waals surface area contributed by atoms with Crippen molar-refractivity contribution < 1.29 is 19.3 Å². The lowest BCUT2D eigenvalue weighted by Crippen LogP contribution is -1.92. The molecule has 0 aromatic carbocycles. The van der Waals surface area contributed by atoms with Gasteiger partial charge in [0.2, 0.25) is 0 Å². The third-order valence-electron chi connectivity index (χ3n) is 0.936. The van der Waals surface area contributed by atoms with Crippen LogP contribution in [-0.2, 0) is 19.3 Å². The Morgan fingerprint density at radius 1 is 1.00 bits per heavy atom. The molecule has 14 heavy (non-hydrogen) atoms. The molecule has 0 radical (unpaired) electrons. The van der Waals surface area contributed by atoms with Crippen LogP contribution in [-0.4, -0.2) is 24.4 Å². The molecule has 0 amide bonds. The van der Waals surface area contributed by atoms with Gasteiger partial charge in [0, 0.05) is 26.3 Å². The topological polar surface area (TPSA) is 77.3 Å². The van der Waals surface area contributed by atoms with E-state index < -0.39 is 11.9 Å². The molecular formula is C8H12N2O4. The van der Waals surface area contributed by atoms with Crippen LogP contribution in [0.25, 0.3) is 0 Å². The van der Waals surface area contributed by atoms with Crippen molar-refractivity contribution in [2.75, 3.05) is 0 Å². The maximum Gasteiger partial charge on any atom is 0.331 e. The summed E-state index contributed by atoms with van der Waals surface area (Å²) < 4.78 is 0. The van der Waals surface area contributed by atoms with Crippen LogP contribution >= 0.6 is 0 Å². The Kier molecular flexibility index (Phi) is 6.93. The molecule has 0 N–H and O–H groups in total. The molecule has 0 aliphatic carbocycles. The van der Waals surface area contributed by atoms with Crippen molar-refractivity contribution in [3.8, 4) is 0 Å². The highest BCUT2D eigenvalue weighted by atomic mass is 16.7. The van der Waals surface area contributed by atoms with Crippen molar-refractivity contribution in [1.82, 2.24) is 0 Å². The van der Waals surface area contributed by atoms with Crippen LogP contribution < -0.4 is 0 Å². The van der Waals surface area contributed by atoms with Gasteiger partial charge in [0.25, 0.3) is 0 Å². The number of oxime groups is 2. The maximum absolute atomic E-state index is 10.2. The zero-order chi connectivity index (χ0) is 10.8. The van der Waals surface area contributed by atoms with Crippen molar-refractivity contribution in [3.05, 3.63) is 0 Å². The van der Waals surface area contributed by atoms with Crippen molar-refractivity contribution in [2.45, 2.75) is 26.7 Å². The Hall–Kier alpha value is -1.72. The first-order valence-electron chi connectivity index (χ1n) is 4.01. The summed E-state index contributed by atoms with van der Waals surface area (Å²) in [6.45, 7) is 2.53. The molecule has 0 rings (SSSR count). The fourth-order valence-electron chi connectivity index (χ4n) is 0.477. The van der Waals surface area contributed by atoms with E-state index in [1.165, 1.54) is 26.3 Å². The first kappa shape index (κ1) is 12.3. The molecule has 0 saturated carbocycles. The smallest absolute Gasteiger partial charge is 0.319 e. The largest absolute Gasteiger partial charge is 0.331 e. The van der Waals surface area contributed by atoms with Crippen LogP contribution in [0.2, 0.25) is 0 Å². The molecule has 0 aliphatic rings. The van der Waals surface area contributed by atoms with Crippen molar-refractivity contribution >= 4 is 24.4 Å². The van der Waals surface area contributed by atoms with E-state index in [-0.39, 0.29) is 0 Å². The van der Waals surface area contributed by atoms with E-state index >= 15 is 0 Å². The number of unbranched alkanes of at least 4 members (excludes halogenated alkanes) is 1. The van der Waals surface area contributed by atoms with E-state index in [0.29, 0.717) is 12.8 Å². The molecule has 0 aromatic rings. The first-order chi connectivity index (χ1) is 6.63. The summed E-state index contributed by atoms with van der Waals surface area (Å²) in [6.07, 6.45) is 3.97. The van der Waals surface area contributed by atoms with Gasteiger partial charge in [-0.25, -0.2) is 9.59 Å². The van der Waals surface area contributed by atoms with Gasteiger partial charge in [0.1, 0.15) is 0 Å². The lowest BCUT2D eigenvalue weighted by Gasteiger charge is -1.89. The molecular weight excluding hydrogens is 188 g/mol. The van der Waals surface area contributed by atoms with Crippen molar-refractivity contribution in [1.29, 1.82) is 0 Å². The van der Waals surface area contributed by atoms with Gasteiger partial charge in [-0.1, -0.05) is 10.3 Å². The predicted octanol–water partition coefficient (Wildman–Crippen LogP) is 0.864. The lowest BCUT2D eigenvalue weighted by atomic mass is 10.4. The van der Waals surface area contributed by atoms with E-state index in [9.17, 15) is 9.59 Å². The summed E-state index contributed by atoms with van der Waals surface area (Å²) in [6, 6.07) is 0. The number of rotatable bonds is 5. The van der Waals surface area contributed by atoms with E-state index in [4.69, 9.17) is 0 Å². The Balaban J connectivity index is 3.37. The fourth-order valence-corrected chi connectivity index (χ4v) is 0.477. The Bertz CT molecular complexity index is 222. The summed E-state index contributed by atoms with van der Waals surface area (Å²) in [4.78, 5) is 29.0. The third-order valence-corrected chi connectivity index (χ3v) is 0.936. The molecule has 0 heterocycles. The third kappa shape index (κ3) is 10.3. The minimum absolute atomic E-state index is 0.463. The van der Waals surface area contributed by atoms with Crippen molar-refractivity contribution in [3.63, 3.8) is 0 Å². The van der Waals surface area contributed by atoms with Gasteiger partial charge in [0.05, 0.1) is 0 Å². The standard InChI is InChI=1S/C8H12N2O4/c1-7(11)13-9-5-3-4-6-10-14-8(2)12/h5-6H,3-4H2,1-2H3. The summed E-state index contributed by atoms with van der Waals surface area (Å²) in [5, 5.41) is 6.72. The molecule has 0 unspecified atom stereocenters. The monoisotopic (exact) mass is 200 g/mol. The molecule has 6 nitrogen and oxygen atoms in total. The minimum Gasteiger partial charge on any atom is -0.319 e. The van der Waals surface area contributed by atoms with Gasteiger partial charge in [-0.15, -0.1) is 0 Å². The fraction of sp³-hybridized carbons (Fsp3) is 0.500. The van der Waals surface area contributed by atoms with Gasteiger partial charge in [-0.3, -0.25) is 0 Å². The highest BCUT2D eigenvalue weighted by molar-refractivity contribution is 5.69. The Morgan fingerprint density at radius 2 is 1.36 bits per heavy atom. The Labute approximate surface area is 81.5 Å². The molecule has 0 atom stereocenters. The summed E-state index contributed by atoms with van der Waals surface area (Å²) in [5.41, 5.74) is 0. The quantitative estimate of drug-likeness (QED) is 0.285. The lowest BCUT2D eigenvalue weighted by molar-refractivity contribution is -0.141. The van der Waals surface area contributed by atoms with Gasteiger partial charge < -0.3 is 9.68 Å². The molecule has 0 bridgehead atoms. The van der Waals surface area contributed by atoms with Crippen LogP contribution in [0.3, 0.4) is 0 Å². The van der Waals surface area contributed by atoms with Gasteiger partial charge >= 0.3 is 11.9 Å². The summed E-state index contributed by atoms with van der Waals surface area (Å²) >= 11 is 0. The Morgan fingerprint density at radius 3 is 1.64 bits per heavy atom. The van der Waals surface area contributed by atoms with Crippen LogP contribution in [0, 0.1) is 0 Å². The van der Waals surface area contributed by atoms with E-state index in [2.05, 4.69) is 20.0 Å². The van der Waals surface area contributed by atoms with Gasteiger partial charge in [-0.2, -0.15) is 0 Å². The van der Waals surface area contributed by atoms with Crippen LogP contribution in [0.1, 0.15) is 26.7 Å². The van der Waals surface area contributed by atoms with E-state index in [0.717, 1.165) is 0 Å². The molecule has 0 saturated heterocycles. The molecule has 0 aromatic heterocycles. The zero-order valence-electron chi connectivity index (χ0n) is 8.10. The normalized spacial score (nSPS) is 10.7. The van der Waals surface area contributed by atoms with Crippen LogP contribution in [0.5, 0.6) is 0 Å². The molecule has 0 spiro atoms. The molecule has 0 fully saturated rings. The van der Waals surface area contributed by atoms with Gasteiger partial charge in [-0.05, 0) is 12.8 Å². The SMILES string of the molecule is CC(=O)ON=CCCC=NOC(C)=O. The van der Waals surface area contributed by atoms with Crippen LogP contribution in [0.15, 0.2) is 10.3 Å². The van der Waals surface area contributed by atoms with E-state index in [1.54, 1.807) is 0 Å².